The van der Waals surface area contributed by atoms with Crippen molar-refractivity contribution in [1.82, 2.24) is 14.8 Å². The summed E-state index contributed by atoms with van der Waals surface area (Å²) in [4.78, 5) is 27.3. The molecule has 2 N–H and O–H groups in total. The summed E-state index contributed by atoms with van der Waals surface area (Å²) < 4.78 is 76.5. The summed E-state index contributed by atoms with van der Waals surface area (Å²) in [5.41, 5.74) is 2.37. The monoisotopic (exact) mass is 539 g/mol. The second-order valence-corrected chi connectivity index (χ2v) is 8.46. The Bertz CT molecular complexity index is 980. The van der Waals surface area contributed by atoms with Gasteiger partial charge in [0.1, 0.15) is 5.82 Å². The number of aromatic nitrogens is 1. The molecule has 2 fully saturated rings. The lowest BCUT2D eigenvalue weighted by Crippen LogP contribution is -2.28. The second-order valence-electron chi connectivity index (χ2n) is 8.46. The van der Waals surface area contributed by atoms with Gasteiger partial charge in [-0.25, -0.2) is 14.0 Å². The van der Waals surface area contributed by atoms with Crippen molar-refractivity contribution < 1.29 is 50.5 Å². The molecule has 2 unspecified atom stereocenters. The van der Waals surface area contributed by atoms with E-state index in [1.54, 1.807) is 12.1 Å². The fourth-order valence-electron chi connectivity index (χ4n) is 4.01. The van der Waals surface area contributed by atoms with Crippen molar-refractivity contribution in [3.05, 3.63) is 65.7 Å². The number of hydrogen-bond acceptors (Lipinski definition) is 5. The molecule has 0 radical (unpaired) electrons. The third-order valence-corrected chi connectivity index (χ3v) is 5.55. The molecule has 14 heteroatoms. The number of likely N-dealkylation sites (tertiary alicyclic amines) is 2. The van der Waals surface area contributed by atoms with E-state index in [9.17, 15) is 30.7 Å². The van der Waals surface area contributed by atoms with Crippen LogP contribution in [0.3, 0.4) is 0 Å². The van der Waals surface area contributed by atoms with Gasteiger partial charge in [0.05, 0.1) is 5.69 Å². The number of benzene rings is 1. The van der Waals surface area contributed by atoms with E-state index >= 15 is 0 Å². The van der Waals surface area contributed by atoms with Crippen molar-refractivity contribution in [2.75, 3.05) is 26.2 Å². The Morgan fingerprint density at radius 3 is 1.59 bits per heavy atom. The molecular weight excluding hydrogens is 515 g/mol. The molecular formula is C23H24F7N3O4. The summed E-state index contributed by atoms with van der Waals surface area (Å²) in [5, 5.41) is 14.2. The highest BCUT2D eigenvalue weighted by Gasteiger charge is 2.40. The van der Waals surface area contributed by atoms with Gasteiger partial charge < -0.3 is 10.2 Å². The van der Waals surface area contributed by atoms with Crippen molar-refractivity contribution >= 4 is 11.9 Å². The van der Waals surface area contributed by atoms with E-state index in [-0.39, 0.29) is 5.82 Å². The second kappa shape index (κ2) is 12.8. The first-order chi connectivity index (χ1) is 17.1. The number of halogens is 7. The Hall–Kier alpha value is -3.26. The maximum atomic E-state index is 13.0. The highest BCUT2D eigenvalue weighted by Crippen LogP contribution is 2.32. The van der Waals surface area contributed by atoms with Crippen molar-refractivity contribution in [3.63, 3.8) is 0 Å². The van der Waals surface area contributed by atoms with E-state index in [1.165, 1.54) is 18.7 Å². The molecule has 0 bridgehead atoms. The molecule has 0 spiro atoms. The Labute approximate surface area is 207 Å². The lowest BCUT2D eigenvalue weighted by atomic mass is 10.0. The fourth-order valence-corrected chi connectivity index (χ4v) is 4.01. The SMILES string of the molecule is Fc1ccc(CN2CC3CN(Cc4ccccn4)CC3C2)cc1.O=C(O)C(F)(F)F.O=C(O)C(F)(F)F. The molecule has 204 valence electrons. The molecule has 3 heterocycles. The van der Waals surface area contributed by atoms with E-state index in [2.05, 4.69) is 26.9 Å². The zero-order valence-corrected chi connectivity index (χ0v) is 19.2. The summed E-state index contributed by atoms with van der Waals surface area (Å²) in [7, 11) is 0. The predicted molar refractivity (Wildman–Crippen MR) is 116 cm³/mol. The first-order valence-electron chi connectivity index (χ1n) is 10.8. The summed E-state index contributed by atoms with van der Waals surface area (Å²) in [6, 6.07) is 13.0. The number of aliphatic carboxylic acids is 2. The van der Waals surface area contributed by atoms with Crippen LogP contribution < -0.4 is 0 Å². The highest BCUT2D eigenvalue weighted by atomic mass is 19.4. The molecule has 1 aromatic carbocycles. The van der Waals surface area contributed by atoms with Crippen LogP contribution in [0.5, 0.6) is 0 Å². The molecule has 2 aliphatic rings. The smallest absolute Gasteiger partial charge is 0.475 e. The number of fused-ring (bicyclic) bond motifs is 1. The minimum atomic E-state index is -5.08. The molecule has 2 aliphatic heterocycles. The Kier molecular flexibility index (Phi) is 10.4. The van der Waals surface area contributed by atoms with Gasteiger partial charge in [0.2, 0.25) is 0 Å². The van der Waals surface area contributed by atoms with E-state index in [4.69, 9.17) is 19.8 Å². The minimum absolute atomic E-state index is 0.155. The van der Waals surface area contributed by atoms with Crippen molar-refractivity contribution in [2.45, 2.75) is 25.4 Å². The van der Waals surface area contributed by atoms with Gasteiger partial charge >= 0.3 is 24.3 Å². The molecule has 2 saturated heterocycles. The number of nitrogens with zero attached hydrogens (tertiary/aromatic N) is 3. The third-order valence-electron chi connectivity index (χ3n) is 5.55. The van der Waals surface area contributed by atoms with Crippen molar-refractivity contribution in [1.29, 1.82) is 0 Å². The van der Waals surface area contributed by atoms with Crippen LogP contribution in [0, 0.1) is 17.7 Å². The zero-order chi connectivity index (χ0) is 27.8. The van der Waals surface area contributed by atoms with Crippen LogP contribution >= 0.6 is 0 Å². The van der Waals surface area contributed by atoms with Gasteiger partial charge in [0.25, 0.3) is 0 Å². The summed E-state index contributed by atoms with van der Waals surface area (Å²) >= 11 is 0. The molecule has 1 aromatic heterocycles. The Balaban J connectivity index is 0.000000286. The number of alkyl halides is 6. The van der Waals surface area contributed by atoms with Crippen LogP contribution in [-0.2, 0) is 22.7 Å². The molecule has 0 amide bonds. The maximum Gasteiger partial charge on any atom is 0.490 e. The highest BCUT2D eigenvalue weighted by molar-refractivity contribution is 5.73. The lowest BCUT2D eigenvalue weighted by molar-refractivity contribution is -0.193. The van der Waals surface area contributed by atoms with Gasteiger partial charge in [-0.05, 0) is 41.7 Å². The van der Waals surface area contributed by atoms with E-state index in [1.807, 2.05) is 24.4 Å². The summed E-state index contributed by atoms with van der Waals surface area (Å²) in [5.74, 6) is -4.14. The predicted octanol–water partition coefficient (Wildman–Crippen LogP) is 4.05. The molecule has 0 saturated carbocycles. The van der Waals surface area contributed by atoms with Gasteiger partial charge in [0, 0.05) is 45.5 Å². The Morgan fingerprint density at radius 2 is 1.22 bits per heavy atom. The maximum absolute atomic E-state index is 13.0. The topological polar surface area (TPSA) is 94.0 Å². The Morgan fingerprint density at radius 1 is 0.784 bits per heavy atom. The molecule has 37 heavy (non-hydrogen) atoms. The summed E-state index contributed by atoms with van der Waals surface area (Å²) in [6.45, 7) is 6.54. The number of hydrogen-bond donors (Lipinski definition) is 2. The first-order valence-corrected chi connectivity index (χ1v) is 10.8. The van der Waals surface area contributed by atoms with Crippen LogP contribution in [0.1, 0.15) is 11.3 Å². The fraction of sp³-hybridized carbons (Fsp3) is 0.435. The van der Waals surface area contributed by atoms with Crippen LogP contribution in [-0.4, -0.2) is 75.5 Å². The zero-order valence-electron chi connectivity index (χ0n) is 19.2. The number of carbonyl (C=O) groups is 2. The number of carboxylic acid groups (broad SMARTS) is 2. The van der Waals surface area contributed by atoms with Crippen LogP contribution in [0.15, 0.2) is 48.7 Å². The van der Waals surface area contributed by atoms with Crippen LogP contribution in [0.2, 0.25) is 0 Å². The minimum Gasteiger partial charge on any atom is -0.475 e. The molecule has 2 aromatic rings. The lowest BCUT2D eigenvalue weighted by Gasteiger charge is -2.21. The largest absolute Gasteiger partial charge is 0.490 e. The number of pyridine rings is 1. The standard InChI is InChI=1S/C19H22FN3.2C2HF3O2/c20-18-6-4-15(5-7-18)9-22-10-16-12-23(13-17(16)11-22)14-19-3-1-2-8-21-19;2*3-2(4,5)1(6)7/h1-8,16-17H,9-14H2;2*(H,6,7). The van der Waals surface area contributed by atoms with E-state index in [0.29, 0.717) is 0 Å². The van der Waals surface area contributed by atoms with E-state index in [0.717, 1.165) is 43.7 Å². The molecule has 0 aliphatic carbocycles. The van der Waals surface area contributed by atoms with Crippen molar-refractivity contribution in [2.24, 2.45) is 11.8 Å². The van der Waals surface area contributed by atoms with Crippen LogP contribution in [0.25, 0.3) is 0 Å². The molecule has 2 atom stereocenters. The van der Waals surface area contributed by atoms with E-state index < -0.39 is 24.3 Å². The van der Waals surface area contributed by atoms with Gasteiger partial charge in [-0.15, -0.1) is 0 Å². The normalized spacial score (nSPS) is 19.8. The molecule has 7 nitrogen and oxygen atoms in total. The number of carboxylic acids is 2. The average molecular weight is 539 g/mol. The third kappa shape index (κ3) is 10.3. The van der Waals surface area contributed by atoms with Gasteiger partial charge in [-0.2, -0.15) is 26.3 Å². The van der Waals surface area contributed by atoms with Crippen LogP contribution in [0.4, 0.5) is 30.7 Å². The average Bonchev–Trinajstić information content (AvgIpc) is 3.33. The van der Waals surface area contributed by atoms with Crippen molar-refractivity contribution in [3.8, 4) is 0 Å². The first kappa shape index (κ1) is 30.0. The molecule has 4 rings (SSSR count). The van der Waals surface area contributed by atoms with Gasteiger partial charge in [0.15, 0.2) is 0 Å². The quantitative estimate of drug-likeness (QED) is 0.567. The van der Waals surface area contributed by atoms with Gasteiger partial charge in [-0.3, -0.25) is 14.8 Å². The van der Waals surface area contributed by atoms with Gasteiger partial charge in [-0.1, -0.05) is 18.2 Å². The summed E-state index contributed by atoms with van der Waals surface area (Å²) in [6.07, 6.45) is -8.29. The number of rotatable bonds is 4.